The number of benzene rings is 2. The number of anilines is 2. The van der Waals surface area contributed by atoms with E-state index in [4.69, 9.17) is 11.6 Å². The lowest BCUT2D eigenvalue weighted by molar-refractivity contribution is 0.102. The van der Waals surface area contributed by atoms with Gasteiger partial charge in [-0.2, -0.15) is 0 Å². The Balaban J connectivity index is 1.71. The highest BCUT2D eigenvalue weighted by molar-refractivity contribution is 7.92. The summed E-state index contributed by atoms with van der Waals surface area (Å²) in [5, 5.41) is 3.65. The summed E-state index contributed by atoms with van der Waals surface area (Å²) >= 11 is 7.28. The van der Waals surface area contributed by atoms with Crippen LogP contribution in [0.3, 0.4) is 0 Å². The number of nitrogens with zero attached hydrogens (tertiary/aromatic N) is 1. The molecule has 0 spiro atoms. The lowest BCUT2D eigenvalue weighted by atomic mass is 10.1. The Morgan fingerprint density at radius 2 is 2.04 bits per heavy atom. The molecule has 1 heterocycles. The van der Waals surface area contributed by atoms with Gasteiger partial charge in [-0.25, -0.2) is 17.8 Å². The molecule has 2 N–H and O–H groups in total. The van der Waals surface area contributed by atoms with Crippen LogP contribution in [0.15, 0.2) is 48.7 Å². The lowest BCUT2D eigenvalue weighted by Crippen LogP contribution is -2.14. The van der Waals surface area contributed by atoms with Crippen molar-refractivity contribution < 1.29 is 17.6 Å². The molecule has 0 bridgehead atoms. The van der Waals surface area contributed by atoms with Gasteiger partial charge >= 0.3 is 0 Å². The summed E-state index contributed by atoms with van der Waals surface area (Å²) in [4.78, 5) is 17.5. The third kappa shape index (κ3) is 5.51. The standard InChI is InChI=1S/C18H15ClFN3O3S2/c1-28(25,26)23-16-9-12(5-6-15(16)20)17(24)22-18-21-10-14(27-18)8-11-3-2-4-13(19)7-11/h2-7,9-10,23H,8H2,1H3,(H,21,22,24). The second kappa shape index (κ2) is 8.26. The number of nitrogens with one attached hydrogen (secondary N) is 2. The van der Waals surface area contributed by atoms with Crippen LogP contribution in [0.4, 0.5) is 15.2 Å². The van der Waals surface area contributed by atoms with E-state index in [1.165, 1.54) is 17.4 Å². The largest absolute Gasteiger partial charge is 0.298 e. The van der Waals surface area contributed by atoms with Crippen LogP contribution in [0.5, 0.6) is 0 Å². The van der Waals surface area contributed by atoms with E-state index >= 15 is 0 Å². The zero-order chi connectivity index (χ0) is 20.3. The van der Waals surface area contributed by atoms with E-state index in [2.05, 4.69) is 10.3 Å². The molecule has 0 unspecified atom stereocenters. The molecule has 3 rings (SSSR count). The van der Waals surface area contributed by atoms with Crippen LogP contribution in [-0.2, 0) is 16.4 Å². The summed E-state index contributed by atoms with van der Waals surface area (Å²) in [6.45, 7) is 0. The number of carbonyl (C=O) groups excluding carboxylic acids is 1. The fraction of sp³-hybridized carbons (Fsp3) is 0.111. The third-order valence-electron chi connectivity index (χ3n) is 3.57. The normalized spacial score (nSPS) is 11.2. The molecule has 0 radical (unpaired) electrons. The molecule has 0 aliphatic heterocycles. The van der Waals surface area contributed by atoms with E-state index in [1.54, 1.807) is 12.3 Å². The second-order valence-corrected chi connectivity index (χ2v) is 9.26. The molecule has 1 aromatic heterocycles. The van der Waals surface area contributed by atoms with Gasteiger partial charge in [0.2, 0.25) is 10.0 Å². The van der Waals surface area contributed by atoms with E-state index < -0.39 is 21.7 Å². The van der Waals surface area contributed by atoms with Crippen LogP contribution >= 0.6 is 22.9 Å². The predicted molar refractivity (Wildman–Crippen MR) is 109 cm³/mol. The van der Waals surface area contributed by atoms with Crippen molar-refractivity contribution in [3.05, 3.63) is 75.5 Å². The van der Waals surface area contributed by atoms with Crippen LogP contribution in [0, 0.1) is 5.82 Å². The van der Waals surface area contributed by atoms with Crippen molar-refractivity contribution in [2.24, 2.45) is 0 Å². The summed E-state index contributed by atoms with van der Waals surface area (Å²) in [6, 6.07) is 10.9. The molecule has 0 atom stereocenters. The summed E-state index contributed by atoms with van der Waals surface area (Å²) < 4.78 is 38.4. The quantitative estimate of drug-likeness (QED) is 0.603. The van der Waals surface area contributed by atoms with Gasteiger partial charge in [0, 0.05) is 28.1 Å². The maximum atomic E-state index is 13.8. The molecule has 6 nitrogen and oxygen atoms in total. The second-order valence-electron chi connectivity index (χ2n) is 5.96. The highest BCUT2D eigenvalue weighted by Gasteiger charge is 2.14. The molecule has 3 aromatic rings. The van der Waals surface area contributed by atoms with E-state index in [0.717, 1.165) is 28.8 Å². The number of rotatable bonds is 6. The van der Waals surface area contributed by atoms with Crippen LogP contribution in [0.2, 0.25) is 5.02 Å². The molecule has 28 heavy (non-hydrogen) atoms. The average Bonchev–Trinajstić information content (AvgIpc) is 3.02. The molecule has 1 amide bonds. The Bertz CT molecular complexity index is 1130. The minimum absolute atomic E-state index is 0.0964. The van der Waals surface area contributed by atoms with E-state index in [9.17, 15) is 17.6 Å². The van der Waals surface area contributed by atoms with Crippen molar-refractivity contribution in [3.63, 3.8) is 0 Å². The molecule has 146 valence electrons. The Labute approximate surface area is 170 Å². The number of sulfonamides is 1. The smallest absolute Gasteiger partial charge is 0.257 e. The first-order chi connectivity index (χ1) is 13.2. The highest BCUT2D eigenvalue weighted by atomic mass is 35.5. The van der Waals surface area contributed by atoms with E-state index in [1.807, 2.05) is 22.9 Å². The zero-order valence-electron chi connectivity index (χ0n) is 14.6. The first-order valence-corrected chi connectivity index (χ1v) is 11.1. The number of aromatic nitrogens is 1. The van der Waals surface area contributed by atoms with Crippen LogP contribution < -0.4 is 10.0 Å². The monoisotopic (exact) mass is 439 g/mol. The number of amides is 1. The summed E-state index contributed by atoms with van der Waals surface area (Å²) in [7, 11) is -3.67. The lowest BCUT2D eigenvalue weighted by Gasteiger charge is -2.08. The van der Waals surface area contributed by atoms with E-state index in [0.29, 0.717) is 16.6 Å². The number of hydrogen-bond donors (Lipinski definition) is 2. The van der Waals surface area contributed by atoms with Gasteiger partial charge in [-0.15, -0.1) is 11.3 Å². The summed E-state index contributed by atoms with van der Waals surface area (Å²) in [6.07, 6.45) is 3.17. The van der Waals surface area contributed by atoms with Crippen molar-refractivity contribution in [1.29, 1.82) is 0 Å². The van der Waals surface area contributed by atoms with Gasteiger partial charge in [0.15, 0.2) is 5.13 Å². The Hall–Kier alpha value is -2.49. The minimum Gasteiger partial charge on any atom is -0.298 e. The van der Waals surface area contributed by atoms with Gasteiger partial charge in [0.05, 0.1) is 11.9 Å². The topological polar surface area (TPSA) is 88.2 Å². The predicted octanol–water partition coefficient (Wildman–Crippen LogP) is 4.15. The molecular weight excluding hydrogens is 425 g/mol. The zero-order valence-corrected chi connectivity index (χ0v) is 17.0. The first-order valence-electron chi connectivity index (χ1n) is 7.97. The van der Waals surface area contributed by atoms with Gasteiger partial charge in [-0.3, -0.25) is 14.8 Å². The number of halogens is 2. The first kappa shape index (κ1) is 20.2. The summed E-state index contributed by atoms with van der Waals surface area (Å²) in [5.74, 6) is -1.31. The van der Waals surface area contributed by atoms with Crippen LogP contribution in [-0.4, -0.2) is 25.6 Å². The Morgan fingerprint density at radius 1 is 1.25 bits per heavy atom. The number of thiazole rings is 1. The highest BCUT2D eigenvalue weighted by Crippen LogP contribution is 2.24. The molecule has 0 fully saturated rings. The molecule has 0 aliphatic carbocycles. The van der Waals surface area contributed by atoms with E-state index in [-0.39, 0.29) is 11.3 Å². The summed E-state index contributed by atoms with van der Waals surface area (Å²) in [5.41, 5.74) is 0.819. The van der Waals surface area contributed by atoms with Crippen molar-refractivity contribution in [1.82, 2.24) is 4.98 Å². The fourth-order valence-corrected chi connectivity index (χ4v) is 4.02. The van der Waals surface area contributed by atoms with Crippen molar-refractivity contribution in [2.75, 3.05) is 16.3 Å². The molecule has 0 saturated heterocycles. The van der Waals surface area contributed by atoms with Gasteiger partial charge < -0.3 is 0 Å². The molecule has 10 heteroatoms. The molecule has 0 aliphatic rings. The average molecular weight is 440 g/mol. The molecule has 2 aromatic carbocycles. The van der Waals surface area contributed by atoms with Gasteiger partial charge in [-0.1, -0.05) is 23.7 Å². The number of hydrogen-bond acceptors (Lipinski definition) is 5. The molecular formula is C18H15ClFN3O3S2. The molecule has 0 saturated carbocycles. The van der Waals surface area contributed by atoms with Crippen molar-refractivity contribution in [3.8, 4) is 0 Å². The van der Waals surface area contributed by atoms with Gasteiger partial charge in [-0.05, 0) is 35.9 Å². The Morgan fingerprint density at radius 3 is 2.75 bits per heavy atom. The maximum Gasteiger partial charge on any atom is 0.257 e. The van der Waals surface area contributed by atoms with Crippen LogP contribution in [0.1, 0.15) is 20.8 Å². The van der Waals surface area contributed by atoms with Gasteiger partial charge in [0.25, 0.3) is 5.91 Å². The van der Waals surface area contributed by atoms with Crippen LogP contribution in [0.25, 0.3) is 0 Å². The Kier molecular flexibility index (Phi) is 5.97. The minimum atomic E-state index is -3.67. The van der Waals surface area contributed by atoms with Crippen molar-refractivity contribution in [2.45, 2.75) is 6.42 Å². The SMILES string of the molecule is CS(=O)(=O)Nc1cc(C(=O)Nc2ncc(Cc3cccc(Cl)c3)s2)ccc1F. The third-order valence-corrected chi connectivity index (χ3v) is 5.30. The van der Waals surface area contributed by atoms with Crippen molar-refractivity contribution >= 4 is 49.7 Å². The van der Waals surface area contributed by atoms with Gasteiger partial charge in [0.1, 0.15) is 5.82 Å². The fourth-order valence-electron chi connectivity index (χ4n) is 2.41. The number of carbonyl (C=O) groups is 1. The maximum absolute atomic E-state index is 13.8.